The Kier molecular flexibility index (Phi) is 6.05. The van der Waals surface area contributed by atoms with Gasteiger partial charge in [-0.3, -0.25) is 14.3 Å². The molecule has 1 aliphatic rings. The Balaban J connectivity index is 1.46. The molecule has 35 heavy (non-hydrogen) atoms. The molecule has 8 heteroatoms. The van der Waals surface area contributed by atoms with Crippen molar-refractivity contribution in [1.82, 2.24) is 25.4 Å². The van der Waals surface area contributed by atoms with Crippen LogP contribution in [0.5, 0.6) is 0 Å². The van der Waals surface area contributed by atoms with Crippen molar-refractivity contribution < 1.29 is 9.59 Å². The van der Waals surface area contributed by atoms with Crippen molar-refractivity contribution in [3.63, 3.8) is 0 Å². The molecule has 2 amide bonds. The van der Waals surface area contributed by atoms with E-state index in [9.17, 15) is 9.59 Å². The van der Waals surface area contributed by atoms with Gasteiger partial charge in [0.25, 0.3) is 5.91 Å². The predicted octanol–water partition coefficient (Wildman–Crippen LogP) is 3.37. The number of fused-ring (bicyclic) bond motifs is 1. The number of carbonyl (C=O) groups is 2. The molecule has 4 aromatic rings. The van der Waals surface area contributed by atoms with Gasteiger partial charge in [0.15, 0.2) is 0 Å². The summed E-state index contributed by atoms with van der Waals surface area (Å²) in [6.07, 6.45) is 3.72. The molecule has 178 valence electrons. The molecule has 3 heterocycles. The van der Waals surface area contributed by atoms with E-state index in [0.717, 1.165) is 45.5 Å². The lowest BCUT2D eigenvalue weighted by atomic mass is 9.99. The van der Waals surface area contributed by atoms with Gasteiger partial charge in [-0.15, -0.1) is 0 Å². The second-order valence-corrected chi connectivity index (χ2v) is 8.93. The summed E-state index contributed by atoms with van der Waals surface area (Å²) < 4.78 is 1.75. The number of aryl methyl sites for hydroxylation is 2. The van der Waals surface area contributed by atoms with Crippen LogP contribution in [-0.2, 0) is 11.8 Å². The number of hydrogen-bond donors (Lipinski definition) is 2. The van der Waals surface area contributed by atoms with E-state index in [4.69, 9.17) is 4.98 Å². The van der Waals surface area contributed by atoms with Crippen LogP contribution in [0.3, 0.4) is 0 Å². The van der Waals surface area contributed by atoms with E-state index in [2.05, 4.69) is 15.7 Å². The Labute approximate surface area is 204 Å². The Bertz CT molecular complexity index is 1430. The number of anilines is 1. The lowest BCUT2D eigenvalue weighted by Gasteiger charge is -2.28. The molecule has 0 aliphatic carbocycles. The summed E-state index contributed by atoms with van der Waals surface area (Å²) in [5.74, 6) is -0.172. The Morgan fingerprint density at radius 2 is 2.00 bits per heavy atom. The fourth-order valence-electron chi connectivity index (χ4n) is 4.52. The van der Waals surface area contributed by atoms with Crippen LogP contribution in [0.25, 0.3) is 22.2 Å². The quantitative estimate of drug-likeness (QED) is 0.469. The normalized spacial score (nSPS) is 14.8. The Hall–Kier alpha value is -4.04. The van der Waals surface area contributed by atoms with Crippen molar-refractivity contribution in [3.8, 4) is 11.3 Å². The summed E-state index contributed by atoms with van der Waals surface area (Å²) in [5, 5.41) is 11.5. The molecule has 2 aromatic carbocycles. The van der Waals surface area contributed by atoms with Gasteiger partial charge in [-0.25, -0.2) is 4.98 Å². The molecule has 0 saturated carbocycles. The van der Waals surface area contributed by atoms with Crippen molar-refractivity contribution in [2.75, 3.05) is 24.5 Å². The second kappa shape index (κ2) is 9.31. The lowest BCUT2D eigenvalue weighted by molar-refractivity contribution is -0.118. The molecule has 1 fully saturated rings. The van der Waals surface area contributed by atoms with Gasteiger partial charge < -0.3 is 15.5 Å². The van der Waals surface area contributed by atoms with Crippen LogP contribution in [-0.4, -0.2) is 46.2 Å². The number of aromatic nitrogens is 3. The Morgan fingerprint density at radius 1 is 1.17 bits per heavy atom. The van der Waals surface area contributed by atoms with Crippen LogP contribution in [0.2, 0.25) is 0 Å². The highest BCUT2D eigenvalue weighted by atomic mass is 16.2. The van der Waals surface area contributed by atoms with Gasteiger partial charge in [-0.1, -0.05) is 24.3 Å². The van der Waals surface area contributed by atoms with Gasteiger partial charge in [0, 0.05) is 48.5 Å². The summed E-state index contributed by atoms with van der Waals surface area (Å²) in [5.41, 5.74) is 5.73. The average Bonchev–Trinajstić information content (AvgIpc) is 3.30. The number of pyridine rings is 1. The van der Waals surface area contributed by atoms with Crippen LogP contribution in [0.4, 0.5) is 5.69 Å². The number of hydrogen-bond acceptors (Lipinski definition) is 5. The first kappa shape index (κ1) is 22.7. The molecule has 8 nitrogen and oxygen atoms in total. The fourth-order valence-corrected chi connectivity index (χ4v) is 4.52. The number of nitrogens with zero attached hydrogens (tertiary/aromatic N) is 4. The first-order valence-electron chi connectivity index (χ1n) is 11.7. The van der Waals surface area contributed by atoms with Gasteiger partial charge in [-0.05, 0) is 49.2 Å². The van der Waals surface area contributed by atoms with Crippen molar-refractivity contribution in [2.24, 2.45) is 7.05 Å². The van der Waals surface area contributed by atoms with Crippen LogP contribution in [0, 0.1) is 6.92 Å². The minimum absolute atomic E-state index is 0.00557. The lowest BCUT2D eigenvalue weighted by Crippen LogP contribution is -2.48. The standard InChI is InChI=1S/C27H28N6O2/c1-17-8-9-20(33-11-10-28-15-26(33)34)12-22(17)27(35)30-18(2)23-13-25(19-14-29-32(3)16-19)31-24-7-5-4-6-21(23)24/h4-9,12-14,16,18,28H,10-11,15H2,1-3H3,(H,30,35)/t18-/m1/s1. The molecule has 2 N–H and O–H groups in total. The highest BCUT2D eigenvalue weighted by molar-refractivity contribution is 6.00. The number of para-hydroxylation sites is 1. The maximum Gasteiger partial charge on any atom is 0.252 e. The summed E-state index contributed by atoms with van der Waals surface area (Å²) in [4.78, 5) is 32.3. The van der Waals surface area contributed by atoms with Crippen molar-refractivity contribution in [2.45, 2.75) is 19.9 Å². The highest BCUT2D eigenvalue weighted by Gasteiger charge is 2.22. The molecule has 1 aliphatic heterocycles. The molecule has 0 bridgehead atoms. The monoisotopic (exact) mass is 468 g/mol. The Morgan fingerprint density at radius 3 is 2.77 bits per heavy atom. The van der Waals surface area contributed by atoms with Crippen LogP contribution < -0.4 is 15.5 Å². The minimum Gasteiger partial charge on any atom is -0.345 e. The van der Waals surface area contributed by atoms with Gasteiger partial charge in [0.1, 0.15) is 0 Å². The number of amides is 2. The number of carbonyl (C=O) groups excluding carboxylic acids is 2. The molecule has 1 saturated heterocycles. The SMILES string of the molecule is Cc1ccc(N2CCNCC2=O)cc1C(=O)N[C@H](C)c1cc(-c2cnn(C)c2)nc2ccccc12. The third-order valence-electron chi connectivity index (χ3n) is 6.43. The average molecular weight is 469 g/mol. The summed E-state index contributed by atoms with van der Waals surface area (Å²) >= 11 is 0. The fraction of sp³-hybridized carbons (Fsp3) is 0.259. The zero-order valence-corrected chi connectivity index (χ0v) is 20.1. The van der Waals surface area contributed by atoms with Gasteiger partial charge in [-0.2, -0.15) is 5.10 Å². The van der Waals surface area contributed by atoms with Crippen LogP contribution in [0.1, 0.15) is 34.5 Å². The van der Waals surface area contributed by atoms with Gasteiger partial charge in [0.2, 0.25) is 5.91 Å². The van der Waals surface area contributed by atoms with E-state index in [1.165, 1.54) is 0 Å². The third-order valence-corrected chi connectivity index (χ3v) is 6.43. The number of benzene rings is 2. The van der Waals surface area contributed by atoms with Crippen molar-refractivity contribution in [3.05, 3.63) is 77.6 Å². The molecular weight excluding hydrogens is 440 g/mol. The zero-order valence-electron chi connectivity index (χ0n) is 20.1. The first-order chi connectivity index (χ1) is 16.9. The number of piperazine rings is 1. The highest BCUT2D eigenvalue weighted by Crippen LogP contribution is 2.29. The number of rotatable bonds is 5. The van der Waals surface area contributed by atoms with Crippen molar-refractivity contribution in [1.29, 1.82) is 0 Å². The molecule has 2 aromatic heterocycles. The smallest absolute Gasteiger partial charge is 0.252 e. The third kappa shape index (κ3) is 4.52. The molecular formula is C27H28N6O2. The maximum atomic E-state index is 13.4. The predicted molar refractivity (Wildman–Crippen MR) is 136 cm³/mol. The number of nitrogens with one attached hydrogen (secondary N) is 2. The van der Waals surface area contributed by atoms with Crippen LogP contribution >= 0.6 is 0 Å². The zero-order chi connectivity index (χ0) is 24.5. The van der Waals surface area contributed by atoms with E-state index < -0.39 is 0 Å². The van der Waals surface area contributed by atoms with Crippen LogP contribution in [0.15, 0.2) is 60.9 Å². The van der Waals surface area contributed by atoms with Gasteiger partial charge in [0.05, 0.1) is 30.0 Å². The van der Waals surface area contributed by atoms with E-state index in [0.29, 0.717) is 18.7 Å². The maximum absolute atomic E-state index is 13.4. The molecule has 1 atom stereocenters. The molecule has 0 radical (unpaired) electrons. The topological polar surface area (TPSA) is 92.2 Å². The van der Waals surface area contributed by atoms with Gasteiger partial charge >= 0.3 is 0 Å². The molecule has 0 unspecified atom stereocenters. The van der Waals surface area contributed by atoms with E-state index in [1.807, 2.05) is 75.6 Å². The van der Waals surface area contributed by atoms with E-state index >= 15 is 0 Å². The molecule has 0 spiro atoms. The summed E-state index contributed by atoms with van der Waals surface area (Å²) in [6.45, 7) is 5.50. The minimum atomic E-state index is -0.269. The second-order valence-electron chi connectivity index (χ2n) is 8.93. The summed E-state index contributed by atoms with van der Waals surface area (Å²) in [6, 6.07) is 15.3. The van der Waals surface area contributed by atoms with Crippen molar-refractivity contribution >= 4 is 28.4 Å². The van der Waals surface area contributed by atoms with E-state index in [-0.39, 0.29) is 17.9 Å². The largest absolute Gasteiger partial charge is 0.345 e. The first-order valence-corrected chi connectivity index (χ1v) is 11.7. The molecule has 5 rings (SSSR count). The summed E-state index contributed by atoms with van der Waals surface area (Å²) in [7, 11) is 1.87. The van der Waals surface area contributed by atoms with E-state index in [1.54, 1.807) is 15.8 Å².